The van der Waals surface area contributed by atoms with E-state index in [0.717, 1.165) is 25.6 Å². The molecule has 3 atom stereocenters. The van der Waals surface area contributed by atoms with Gasteiger partial charge in [-0.15, -0.1) is 0 Å². The number of ether oxygens (including phenoxy) is 1. The van der Waals surface area contributed by atoms with Gasteiger partial charge in [-0.25, -0.2) is 0 Å². The second-order valence-corrected chi connectivity index (χ2v) is 5.35. The van der Waals surface area contributed by atoms with Gasteiger partial charge in [0.25, 0.3) is 0 Å². The monoisotopic (exact) mass is 212 g/mol. The minimum atomic E-state index is 0.214. The van der Waals surface area contributed by atoms with Crippen LogP contribution in [0.5, 0.6) is 0 Å². The van der Waals surface area contributed by atoms with Gasteiger partial charge in [-0.05, 0) is 38.0 Å². The summed E-state index contributed by atoms with van der Waals surface area (Å²) in [6, 6.07) is 0. The molecule has 0 aromatic heterocycles. The molecule has 0 spiro atoms. The minimum absolute atomic E-state index is 0.214. The summed E-state index contributed by atoms with van der Waals surface area (Å²) in [5.74, 6) is 0.825. The third-order valence-electron chi connectivity index (χ3n) is 3.97. The Kier molecular flexibility index (Phi) is 3.65. The van der Waals surface area contributed by atoms with Crippen LogP contribution in [0.3, 0.4) is 0 Å². The highest BCUT2D eigenvalue weighted by molar-refractivity contribution is 4.96. The number of nitrogens with two attached hydrogens (primary N) is 1. The van der Waals surface area contributed by atoms with Crippen LogP contribution in [0.15, 0.2) is 0 Å². The predicted molar refractivity (Wildman–Crippen MR) is 61.8 cm³/mol. The lowest BCUT2D eigenvalue weighted by atomic mass is 9.96. The van der Waals surface area contributed by atoms with E-state index in [1.54, 1.807) is 0 Å². The number of rotatable bonds is 4. The maximum absolute atomic E-state index is 5.91. The molecular weight excluding hydrogens is 188 g/mol. The van der Waals surface area contributed by atoms with Crippen LogP contribution in [0.25, 0.3) is 0 Å². The van der Waals surface area contributed by atoms with Crippen LogP contribution in [0.1, 0.15) is 39.0 Å². The van der Waals surface area contributed by atoms with Gasteiger partial charge < -0.3 is 15.8 Å². The van der Waals surface area contributed by atoms with Crippen molar-refractivity contribution in [2.45, 2.75) is 50.7 Å². The zero-order chi connectivity index (χ0) is 10.7. The molecule has 3 unspecified atom stereocenters. The largest absolute Gasteiger partial charge is 0.377 e. The molecule has 2 rings (SSSR count). The molecule has 88 valence electrons. The molecule has 0 radical (unpaired) electrons. The molecule has 3 N–H and O–H groups in total. The lowest BCUT2D eigenvalue weighted by Gasteiger charge is -2.30. The van der Waals surface area contributed by atoms with Gasteiger partial charge in [-0.1, -0.05) is 6.92 Å². The highest BCUT2D eigenvalue weighted by Gasteiger charge is 2.36. The zero-order valence-corrected chi connectivity index (χ0v) is 9.80. The lowest BCUT2D eigenvalue weighted by molar-refractivity contribution is 0.101. The fraction of sp³-hybridized carbons (Fsp3) is 1.00. The Balaban J connectivity index is 1.80. The molecule has 0 aromatic rings. The van der Waals surface area contributed by atoms with Crippen LogP contribution in [0.4, 0.5) is 0 Å². The maximum atomic E-state index is 5.91. The number of hydrogen-bond acceptors (Lipinski definition) is 3. The SMILES string of the molecule is CC1CCC(CN)(NCC2CCCO2)C1. The van der Waals surface area contributed by atoms with E-state index in [4.69, 9.17) is 10.5 Å². The van der Waals surface area contributed by atoms with Gasteiger partial charge in [0.2, 0.25) is 0 Å². The molecule has 2 fully saturated rings. The summed E-state index contributed by atoms with van der Waals surface area (Å²) in [5, 5.41) is 3.67. The Morgan fingerprint density at radius 3 is 2.87 bits per heavy atom. The van der Waals surface area contributed by atoms with Crippen molar-refractivity contribution >= 4 is 0 Å². The Bertz CT molecular complexity index is 204. The van der Waals surface area contributed by atoms with Crippen molar-refractivity contribution in [2.24, 2.45) is 11.7 Å². The van der Waals surface area contributed by atoms with E-state index in [0.29, 0.717) is 6.10 Å². The molecule has 1 aliphatic carbocycles. The van der Waals surface area contributed by atoms with Gasteiger partial charge >= 0.3 is 0 Å². The fourth-order valence-corrected chi connectivity index (χ4v) is 2.95. The normalized spacial score (nSPS) is 41.2. The van der Waals surface area contributed by atoms with Crippen molar-refractivity contribution in [3.8, 4) is 0 Å². The summed E-state index contributed by atoms with van der Waals surface area (Å²) < 4.78 is 5.63. The van der Waals surface area contributed by atoms with Crippen LogP contribution in [0, 0.1) is 5.92 Å². The third kappa shape index (κ3) is 2.71. The van der Waals surface area contributed by atoms with Crippen molar-refractivity contribution in [2.75, 3.05) is 19.7 Å². The first-order valence-corrected chi connectivity index (χ1v) is 6.31. The molecular formula is C12H24N2O. The van der Waals surface area contributed by atoms with Gasteiger partial charge in [0.05, 0.1) is 6.10 Å². The van der Waals surface area contributed by atoms with Gasteiger partial charge in [-0.3, -0.25) is 0 Å². The zero-order valence-electron chi connectivity index (χ0n) is 9.80. The van der Waals surface area contributed by atoms with Gasteiger partial charge in [0.1, 0.15) is 0 Å². The summed E-state index contributed by atoms with van der Waals surface area (Å²) in [4.78, 5) is 0. The van der Waals surface area contributed by atoms with E-state index in [1.807, 2.05) is 0 Å². The second kappa shape index (κ2) is 4.81. The van der Waals surface area contributed by atoms with Crippen molar-refractivity contribution in [3.63, 3.8) is 0 Å². The molecule has 3 nitrogen and oxygen atoms in total. The molecule has 15 heavy (non-hydrogen) atoms. The van der Waals surface area contributed by atoms with Gasteiger partial charge in [0.15, 0.2) is 0 Å². The standard InChI is InChI=1S/C12H24N2O/c1-10-4-5-12(7-10,9-13)14-8-11-3-2-6-15-11/h10-11,14H,2-9,13H2,1H3. The van der Waals surface area contributed by atoms with Crippen molar-refractivity contribution < 1.29 is 4.74 Å². The topological polar surface area (TPSA) is 47.3 Å². The average Bonchev–Trinajstić information content (AvgIpc) is 2.85. The van der Waals surface area contributed by atoms with Crippen molar-refractivity contribution in [1.29, 1.82) is 0 Å². The van der Waals surface area contributed by atoms with Crippen molar-refractivity contribution in [1.82, 2.24) is 5.32 Å². The van der Waals surface area contributed by atoms with E-state index in [1.165, 1.54) is 32.1 Å². The average molecular weight is 212 g/mol. The molecule has 1 heterocycles. The van der Waals surface area contributed by atoms with Crippen LogP contribution in [0.2, 0.25) is 0 Å². The first kappa shape index (κ1) is 11.4. The number of nitrogens with one attached hydrogen (secondary N) is 1. The summed E-state index contributed by atoms with van der Waals surface area (Å²) >= 11 is 0. The predicted octanol–water partition coefficient (Wildman–Crippen LogP) is 1.27. The fourth-order valence-electron chi connectivity index (χ4n) is 2.95. The molecule has 1 aliphatic heterocycles. The van der Waals surface area contributed by atoms with E-state index < -0.39 is 0 Å². The van der Waals surface area contributed by atoms with Gasteiger partial charge in [0, 0.05) is 25.2 Å². The quantitative estimate of drug-likeness (QED) is 0.738. The first-order chi connectivity index (χ1) is 7.24. The number of hydrogen-bond donors (Lipinski definition) is 2. The van der Waals surface area contributed by atoms with Crippen LogP contribution in [-0.2, 0) is 4.74 Å². The molecule has 0 aromatic carbocycles. The summed E-state index contributed by atoms with van der Waals surface area (Å²) in [6.45, 7) is 5.03. The lowest BCUT2D eigenvalue weighted by Crippen LogP contribution is -2.51. The highest BCUT2D eigenvalue weighted by Crippen LogP contribution is 2.33. The van der Waals surface area contributed by atoms with E-state index in [2.05, 4.69) is 12.2 Å². The van der Waals surface area contributed by atoms with E-state index >= 15 is 0 Å². The summed E-state index contributed by atoms with van der Waals surface area (Å²) in [5.41, 5.74) is 6.13. The Labute approximate surface area is 92.7 Å². The molecule has 1 saturated carbocycles. The Morgan fingerprint density at radius 2 is 2.33 bits per heavy atom. The summed E-state index contributed by atoms with van der Waals surface area (Å²) in [6.07, 6.45) is 6.65. The van der Waals surface area contributed by atoms with Crippen molar-refractivity contribution in [3.05, 3.63) is 0 Å². The Hall–Kier alpha value is -0.120. The molecule has 0 bridgehead atoms. The van der Waals surface area contributed by atoms with Crippen LogP contribution in [-0.4, -0.2) is 31.3 Å². The van der Waals surface area contributed by atoms with E-state index in [-0.39, 0.29) is 5.54 Å². The maximum Gasteiger partial charge on any atom is 0.0700 e. The minimum Gasteiger partial charge on any atom is -0.377 e. The second-order valence-electron chi connectivity index (χ2n) is 5.35. The van der Waals surface area contributed by atoms with Crippen LogP contribution < -0.4 is 11.1 Å². The van der Waals surface area contributed by atoms with Crippen LogP contribution >= 0.6 is 0 Å². The smallest absolute Gasteiger partial charge is 0.0700 e. The van der Waals surface area contributed by atoms with Gasteiger partial charge in [-0.2, -0.15) is 0 Å². The Morgan fingerprint density at radius 1 is 1.47 bits per heavy atom. The third-order valence-corrected chi connectivity index (χ3v) is 3.97. The molecule has 2 aliphatic rings. The molecule has 3 heteroatoms. The molecule has 1 saturated heterocycles. The first-order valence-electron chi connectivity index (χ1n) is 6.31. The summed E-state index contributed by atoms with van der Waals surface area (Å²) in [7, 11) is 0. The molecule has 0 amide bonds. The highest BCUT2D eigenvalue weighted by atomic mass is 16.5. The van der Waals surface area contributed by atoms with E-state index in [9.17, 15) is 0 Å².